The minimum atomic E-state index is 0.721. The third-order valence-electron chi connectivity index (χ3n) is 2.10. The van der Waals surface area contributed by atoms with Crippen LogP contribution in [-0.4, -0.2) is 18.0 Å². The fourth-order valence-corrected chi connectivity index (χ4v) is 2.19. The van der Waals surface area contributed by atoms with Crippen molar-refractivity contribution >= 4 is 15.9 Å². The van der Waals surface area contributed by atoms with Crippen LogP contribution < -0.4 is 0 Å². The highest BCUT2D eigenvalue weighted by Crippen LogP contribution is 2.31. The van der Waals surface area contributed by atoms with Gasteiger partial charge in [-0.3, -0.25) is 0 Å². The summed E-state index contributed by atoms with van der Waals surface area (Å²) in [5, 5.41) is 0. The van der Waals surface area contributed by atoms with Crippen molar-refractivity contribution in [3.05, 3.63) is 0 Å². The second kappa shape index (κ2) is 4.35. The van der Waals surface area contributed by atoms with Gasteiger partial charge in [-0.05, 0) is 25.7 Å². The van der Waals surface area contributed by atoms with E-state index in [1.54, 1.807) is 0 Å². The van der Waals surface area contributed by atoms with Crippen LogP contribution in [0.4, 0.5) is 0 Å². The Morgan fingerprint density at radius 1 is 1.50 bits per heavy atom. The van der Waals surface area contributed by atoms with Crippen LogP contribution in [0.25, 0.3) is 0 Å². The average Bonchev–Trinajstić information content (AvgIpc) is 2.31. The number of rotatable bonds is 3. The zero-order valence-electron chi connectivity index (χ0n) is 6.48. The Morgan fingerprint density at radius 3 is 2.80 bits per heavy atom. The maximum Gasteiger partial charge on any atom is 0.0504 e. The standard InChI is InChI=1S/C8H15BrO/c1-2-10-6-7-4-3-5-8(7)9/h7-8H,2-6H2,1H3. The van der Waals surface area contributed by atoms with Crippen LogP contribution in [0.2, 0.25) is 0 Å². The van der Waals surface area contributed by atoms with Crippen molar-refractivity contribution in [2.75, 3.05) is 13.2 Å². The molecule has 1 rings (SSSR count). The molecule has 2 unspecified atom stereocenters. The summed E-state index contributed by atoms with van der Waals surface area (Å²) in [5.41, 5.74) is 0. The lowest BCUT2D eigenvalue weighted by Crippen LogP contribution is -2.13. The lowest BCUT2D eigenvalue weighted by Gasteiger charge is -2.12. The maximum absolute atomic E-state index is 5.36. The van der Waals surface area contributed by atoms with E-state index < -0.39 is 0 Å². The van der Waals surface area contributed by atoms with Crippen molar-refractivity contribution in [1.29, 1.82) is 0 Å². The molecule has 0 saturated heterocycles. The molecule has 0 heterocycles. The monoisotopic (exact) mass is 206 g/mol. The first-order valence-electron chi connectivity index (χ1n) is 4.06. The van der Waals surface area contributed by atoms with Gasteiger partial charge in [0.2, 0.25) is 0 Å². The van der Waals surface area contributed by atoms with E-state index in [1.807, 2.05) is 0 Å². The van der Waals surface area contributed by atoms with Crippen LogP contribution in [0.3, 0.4) is 0 Å². The SMILES string of the molecule is CCOCC1CCCC1Br. The highest BCUT2D eigenvalue weighted by molar-refractivity contribution is 9.09. The lowest BCUT2D eigenvalue weighted by atomic mass is 10.1. The fourth-order valence-electron chi connectivity index (χ4n) is 1.45. The molecule has 1 saturated carbocycles. The summed E-state index contributed by atoms with van der Waals surface area (Å²) in [6.07, 6.45) is 4.04. The average molecular weight is 207 g/mol. The van der Waals surface area contributed by atoms with Gasteiger partial charge in [0, 0.05) is 11.4 Å². The molecule has 0 spiro atoms. The zero-order valence-corrected chi connectivity index (χ0v) is 8.06. The van der Waals surface area contributed by atoms with Crippen LogP contribution in [0.1, 0.15) is 26.2 Å². The number of hydrogen-bond donors (Lipinski definition) is 0. The summed E-state index contributed by atoms with van der Waals surface area (Å²) in [4.78, 5) is 0.721. The second-order valence-electron chi connectivity index (χ2n) is 2.87. The Morgan fingerprint density at radius 2 is 2.30 bits per heavy atom. The van der Waals surface area contributed by atoms with Gasteiger partial charge in [-0.15, -0.1) is 0 Å². The van der Waals surface area contributed by atoms with Gasteiger partial charge in [-0.2, -0.15) is 0 Å². The van der Waals surface area contributed by atoms with Gasteiger partial charge in [-0.25, -0.2) is 0 Å². The molecule has 1 fully saturated rings. The van der Waals surface area contributed by atoms with Crippen LogP contribution in [0.5, 0.6) is 0 Å². The number of alkyl halides is 1. The van der Waals surface area contributed by atoms with Crippen molar-refractivity contribution in [1.82, 2.24) is 0 Å². The maximum atomic E-state index is 5.36. The summed E-state index contributed by atoms with van der Waals surface area (Å²) in [6, 6.07) is 0. The Balaban J connectivity index is 2.14. The molecule has 0 bridgehead atoms. The van der Waals surface area contributed by atoms with Gasteiger partial charge >= 0.3 is 0 Å². The van der Waals surface area contributed by atoms with E-state index in [0.717, 1.165) is 24.0 Å². The van der Waals surface area contributed by atoms with Gasteiger partial charge in [0.25, 0.3) is 0 Å². The van der Waals surface area contributed by atoms with E-state index in [-0.39, 0.29) is 0 Å². The summed E-state index contributed by atoms with van der Waals surface area (Å²) in [5.74, 6) is 0.778. The first-order chi connectivity index (χ1) is 4.84. The molecule has 2 heteroatoms. The largest absolute Gasteiger partial charge is 0.381 e. The summed E-state index contributed by atoms with van der Waals surface area (Å²) in [6.45, 7) is 3.86. The van der Waals surface area contributed by atoms with Crippen LogP contribution in [0.15, 0.2) is 0 Å². The van der Waals surface area contributed by atoms with E-state index in [9.17, 15) is 0 Å². The zero-order chi connectivity index (χ0) is 7.40. The Kier molecular flexibility index (Phi) is 3.71. The minimum absolute atomic E-state index is 0.721. The van der Waals surface area contributed by atoms with Crippen molar-refractivity contribution in [3.63, 3.8) is 0 Å². The molecule has 0 radical (unpaired) electrons. The number of halogens is 1. The van der Waals surface area contributed by atoms with Crippen molar-refractivity contribution in [2.24, 2.45) is 5.92 Å². The van der Waals surface area contributed by atoms with Gasteiger partial charge in [0.05, 0.1) is 6.61 Å². The van der Waals surface area contributed by atoms with Gasteiger partial charge < -0.3 is 4.74 Å². The topological polar surface area (TPSA) is 9.23 Å². The normalized spacial score (nSPS) is 33.0. The molecule has 0 aromatic rings. The highest BCUT2D eigenvalue weighted by Gasteiger charge is 2.24. The first-order valence-corrected chi connectivity index (χ1v) is 4.98. The molecule has 10 heavy (non-hydrogen) atoms. The molecule has 2 atom stereocenters. The highest BCUT2D eigenvalue weighted by atomic mass is 79.9. The fraction of sp³-hybridized carbons (Fsp3) is 1.00. The molecule has 0 aliphatic heterocycles. The predicted octanol–water partition coefficient (Wildman–Crippen LogP) is 2.59. The quantitative estimate of drug-likeness (QED) is 0.646. The van der Waals surface area contributed by atoms with Gasteiger partial charge in [0.1, 0.15) is 0 Å². The molecule has 0 aromatic heterocycles. The van der Waals surface area contributed by atoms with Crippen molar-refractivity contribution < 1.29 is 4.74 Å². The Hall–Kier alpha value is 0.440. The Labute approximate surface area is 71.3 Å². The first kappa shape index (κ1) is 8.54. The van der Waals surface area contributed by atoms with Crippen LogP contribution in [0, 0.1) is 5.92 Å². The molecule has 1 nitrogen and oxygen atoms in total. The molecule has 0 aromatic carbocycles. The van der Waals surface area contributed by atoms with E-state index in [4.69, 9.17) is 4.74 Å². The van der Waals surface area contributed by atoms with Crippen LogP contribution >= 0.6 is 15.9 Å². The minimum Gasteiger partial charge on any atom is -0.381 e. The lowest BCUT2D eigenvalue weighted by molar-refractivity contribution is 0.114. The smallest absolute Gasteiger partial charge is 0.0504 e. The predicted molar refractivity (Wildman–Crippen MR) is 46.5 cm³/mol. The third-order valence-corrected chi connectivity index (χ3v) is 3.31. The summed E-state index contributed by atoms with van der Waals surface area (Å²) in [7, 11) is 0. The van der Waals surface area contributed by atoms with Crippen molar-refractivity contribution in [2.45, 2.75) is 31.0 Å². The van der Waals surface area contributed by atoms with E-state index in [0.29, 0.717) is 0 Å². The van der Waals surface area contributed by atoms with Crippen LogP contribution in [-0.2, 0) is 4.74 Å². The third kappa shape index (κ3) is 2.24. The second-order valence-corrected chi connectivity index (χ2v) is 4.04. The molecule has 60 valence electrons. The molecule has 0 amide bonds. The number of hydrogen-bond acceptors (Lipinski definition) is 1. The summed E-state index contributed by atoms with van der Waals surface area (Å²) < 4.78 is 5.36. The molecule has 0 N–H and O–H groups in total. The molecule has 1 aliphatic carbocycles. The van der Waals surface area contributed by atoms with E-state index in [2.05, 4.69) is 22.9 Å². The molecule has 1 aliphatic rings. The van der Waals surface area contributed by atoms with Gasteiger partial charge in [0.15, 0.2) is 0 Å². The molecular weight excluding hydrogens is 192 g/mol. The molecular formula is C8H15BrO. The van der Waals surface area contributed by atoms with Gasteiger partial charge in [-0.1, -0.05) is 22.4 Å². The van der Waals surface area contributed by atoms with Crippen molar-refractivity contribution in [3.8, 4) is 0 Å². The Bertz CT molecular complexity index is 95.3. The summed E-state index contributed by atoms with van der Waals surface area (Å²) >= 11 is 3.65. The van der Waals surface area contributed by atoms with E-state index in [1.165, 1.54) is 19.3 Å². The number of ether oxygens (including phenoxy) is 1. The van der Waals surface area contributed by atoms with E-state index >= 15 is 0 Å².